The standard InChI is InChI=1S/C31H49N3O9/c1-31(2,3)26(28(38)34-17-19-12-9-13-20(19)25(34)29(39)40)33-27(37)21(18-10-7-6-8-11-18)16-23(35)22(32-30(41)43-5)14-15-24(36)42-4/h18-22,25-26H,6-17H2,1-5H3,(H,32,41)(H,33,37)(H,39,40)/t19?,20-,21-,22-,25-,26+/m0/s1. The lowest BCUT2D eigenvalue weighted by atomic mass is 9.76. The summed E-state index contributed by atoms with van der Waals surface area (Å²) in [6.07, 6.45) is 5.78. The van der Waals surface area contributed by atoms with Crippen LogP contribution in [0.1, 0.15) is 91.4 Å². The van der Waals surface area contributed by atoms with Crippen LogP contribution in [0.5, 0.6) is 0 Å². The average molecular weight is 608 g/mol. The highest BCUT2D eigenvalue weighted by Gasteiger charge is 2.52. The van der Waals surface area contributed by atoms with Crippen LogP contribution in [0.15, 0.2) is 0 Å². The Morgan fingerprint density at radius 2 is 1.58 bits per heavy atom. The van der Waals surface area contributed by atoms with Crippen molar-refractivity contribution in [2.24, 2.45) is 29.1 Å². The van der Waals surface area contributed by atoms with Gasteiger partial charge in [0.2, 0.25) is 11.8 Å². The molecule has 1 heterocycles. The summed E-state index contributed by atoms with van der Waals surface area (Å²) in [5.41, 5.74) is -0.732. The van der Waals surface area contributed by atoms with E-state index in [1.54, 1.807) is 0 Å². The van der Waals surface area contributed by atoms with E-state index in [0.717, 1.165) is 51.4 Å². The fourth-order valence-electron chi connectivity index (χ4n) is 7.16. The van der Waals surface area contributed by atoms with Crippen molar-refractivity contribution in [3.8, 4) is 0 Å². The molecule has 3 aliphatic rings. The molecule has 0 bridgehead atoms. The summed E-state index contributed by atoms with van der Waals surface area (Å²) in [6.45, 7) is 5.83. The minimum atomic E-state index is -1.06. The summed E-state index contributed by atoms with van der Waals surface area (Å²) in [4.78, 5) is 79.1. The Bertz CT molecular complexity index is 1050. The first-order chi connectivity index (χ1) is 20.3. The van der Waals surface area contributed by atoms with Crippen LogP contribution in [0.4, 0.5) is 4.79 Å². The van der Waals surface area contributed by atoms with E-state index in [2.05, 4.69) is 20.1 Å². The molecule has 0 radical (unpaired) electrons. The predicted octanol–water partition coefficient (Wildman–Crippen LogP) is 3.06. The SMILES string of the molecule is COC(=O)CC[C@H](NC(=O)OC)C(=O)C[C@H](C(=O)N[C@H](C(=O)N1CC2CCC[C@@H]2[C@H]1C(=O)O)C(C)(C)C)C1CCCCC1. The van der Waals surface area contributed by atoms with Crippen LogP contribution in [0.2, 0.25) is 0 Å². The minimum Gasteiger partial charge on any atom is -0.480 e. The van der Waals surface area contributed by atoms with Crippen LogP contribution in [-0.2, 0) is 33.4 Å². The van der Waals surface area contributed by atoms with Crippen LogP contribution in [0, 0.1) is 29.1 Å². The lowest BCUT2D eigenvalue weighted by Crippen LogP contribution is -2.58. The van der Waals surface area contributed by atoms with Gasteiger partial charge >= 0.3 is 18.0 Å². The van der Waals surface area contributed by atoms with Crippen LogP contribution in [0.3, 0.4) is 0 Å². The first kappa shape index (κ1) is 34.3. The Balaban J connectivity index is 1.84. The van der Waals surface area contributed by atoms with Gasteiger partial charge in [0.05, 0.1) is 20.3 Å². The molecule has 12 nitrogen and oxygen atoms in total. The first-order valence-corrected chi connectivity index (χ1v) is 15.6. The van der Waals surface area contributed by atoms with Crippen molar-refractivity contribution >= 4 is 35.6 Å². The third-order valence-electron chi connectivity index (χ3n) is 9.53. The lowest BCUT2D eigenvalue weighted by molar-refractivity contribution is -0.152. The number of methoxy groups -OCH3 is 2. The smallest absolute Gasteiger partial charge is 0.407 e. The third-order valence-corrected chi connectivity index (χ3v) is 9.53. The maximum Gasteiger partial charge on any atom is 0.407 e. The number of esters is 1. The number of likely N-dealkylation sites (tertiary alicyclic amines) is 1. The molecule has 1 unspecified atom stereocenters. The highest BCUT2D eigenvalue weighted by Crippen LogP contribution is 2.43. The number of alkyl carbamates (subject to hydrolysis) is 1. The van der Waals surface area contributed by atoms with E-state index in [4.69, 9.17) is 0 Å². The van der Waals surface area contributed by atoms with E-state index in [9.17, 15) is 33.9 Å². The summed E-state index contributed by atoms with van der Waals surface area (Å²) in [5.74, 6) is -3.66. The van der Waals surface area contributed by atoms with Crippen molar-refractivity contribution in [2.45, 2.75) is 110 Å². The van der Waals surface area contributed by atoms with Crippen LogP contribution >= 0.6 is 0 Å². The summed E-state index contributed by atoms with van der Waals surface area (Å²) in [5, 5.41) is 15.5. The first-order valence-electron chi connectivity index (χ1n) is 15.6. The predicted molar refractivity (Wildman–Crippen MR) is 156 cm³/mol. The van der Waals surface area contributed by atoms with Crippen molar-refractivity contribution in [3.63, 3.8) is 0 Å². The molecular weight excluding hydrogens is 558 g/mol. The van der Waals surface area contributed by atoms with Gasteiger partial charge < -0.3 is 30.1 Å². The molecule has 6 atom stereocenters. The zero-order valence-electron chi connectivity index (χ0n) is 26.2. The van der Waals surface area contributed by atoms with Gasteiger partial charge in [-0.25, -0.2) is 9.59 Å². The highest BCUT2D eigenvalue weighted by molar-refractivity contribution is 5.95. The van der Waals surface area contributed by atoms with Crippen molar-refractivity contribution in [1.29, 1.82) is 0 Å². The number of Topliss-reactive ketones (excluding diaryl/α,β-unsaturated/α-hetero) is 1. The number of carbonyl (C=O) groups is 6. The van der Waals surface area contributed by atoms with Crippen LogP contribution in [0.25, 0.3) is 0 Å². The quantitative estimate of drug-likeness (QED) is 0.282. The number of hydrogen-bond donors (Lipinski definition) is 3. The Morgan fingerprint density at radius 3 is 2.16 bits per heavy atom. The number of nitrogens with one attached hydrogen (secondary N) is 2. The largest absolute Gasteiger partial charge is 0.480 e. The number of aliphatic carboxylic acids is 1. The van der Waals surface area contributed by atoms with Crippen molar-refractivity contribution < 1.29 is 43.3 Å². The monoisotopic (exact) mass is 607 g/mol. The molecule has 1 saturated heterocycles. The zero-order valence-corrected chi connectivity index (χ0v) is 26.2. The summed E-state index contributed by atoms with van der Waals surface area (Å²) >= 11 is 0. The molecule has 3 N–H and O–H groups in total. The average Bonchev–Trinajstić information content (AvgIpc) is 3.57. The summed E-state index contributed by atoms with van der Waals surface area (Å²) in [6, 6.07) is -2.98. The van der Waals surface area contributed by atoms with E-state index in [1.165, 1.54) is 19.1 Å². The van der Waals surface area contributed by atoms with Crippen molar-refractivity contribution in [3.05, 3.63) is 0 Å². The molecule has 1 aliphatic heterocycles. The third kappa shape index (κ3) is 8.69. The molecule has 3 amide bonds. The maximum atomic E-state index is 14.0. The van der Waals surface area contributed by atoms with Crippen molar-refractivity contribution in [1.82, 2.24) is 15.5 Å². The van der Waals surface area contributed by atoms with Gasteiger partial charge in [0.15, 0.2) is 5.78 Å². The molecule has 0 aromatic heterocycles. The Morgan fingerprint density at radius 1 is 0.907 bits per heavy atom. The summed E-state index contributed by atoms with van der Waals surface area (Å²) in [7, 11) is 2.40. The number of carbonyl (C=O) groups excluding carboxylic acids is 5. The van der Waals surface area contributed by atoms with Crippen molar-refractivity contribution in [2.75, 3.05) is 20.8 Å². The fourth-order valence-corrected chi connectivity index (χ4v) is 7.16. The normalized spacial score (nSPS) is 24.3. The Hall–Kier alpha value is -3.18. The van der Waals surface area contributed by atoms with Gasteiger partial charge in [0.1, 0.15) is 12.1 Å². The number of ether oxygens (including phenoxy) is 2. The molecule has 0 aromatic rings. The molecule has 242 valence electrons. The Kier molecular flexibility index (Phi) is 12.0. The maximum absolute atomic E-state index is 14.0. The van der Waals surface area contributed by atoms with E-state index in [0.29, 0.717) is 6.54 Å². The highest BCUT2D eigenvalue weighted by atomic mass is 16.5. The van der Waals surface area contributed by atoms with Gasteiger partial charge in [-0.3, -0.25) is 19.2 Å². The molecule has 2 aliphatic carbocycles. The molecule has 2 saturated carbocycles. The van der Waals surface area contributed by atoms with E-state index >= 15 is 0 Å². The number of hydrogen-bond acceptors (Lipinski definition) is 8. The van der Waals surface area contributed by atoms with E-state index < -0.39 is 65.1 Å². The topological polar surface area (TPSA) is 168 Å². The molecule has 0 aromatic carbocycles. The van der Waals surface area contributed by atoms with Gasteiger partial charge in [-0.1, -0.05) is 46.5 Å². The zero-order chi connectivity index (χ0) is 31.9. The minimum absolute atomic E-state index is 0.0173. The number of amides is 3. The van der Waals surface area contributed by atoms with Gasteiger partial charge in [-0.2, -0.15) is 0 Å². The molecule has 12 heteroatoms. The molecule has 3 fully saturated rings. The van der Waals surface area contributed by atoms with E-state index in [-0.39, 0.29) is 37.0 Å². The van der Waals surface area contributed by atoms with Gasteiger partial charge in [0.25, 0.3) is 0 Å². The summed E-state index contributed by atoms with van der Waals surface area (Å²) < 4.78 is 9.35. The number of fused-ring (bicyclic) bond motifs is 1. The number of carboxylic acid groups (broad SMARTS) is 1. The second-order valence-corrected chi connectivity index (χ2v) is 13.4. The molecular formula is C31H49N3O9. The molecule has 0 spiro atoms. The van der Waals surface area contributed by atoms with Gasteiger partial charge in [0, 0.05) is 25.3 Å². The second-order valence-electron chi connectivity index (χ2n) is 13.4. The molecule has 43 heavy (non-hydrogen) atoms. The molecule has 3 rings (SSSR count). The number of rotatable bonds is 12. The van der Waals surface area contributed by atoms with Crippen LogP contribution in [-0.4, -0.2) is 84.5 Å². The number of carboxylic acids is 1. The number of nitrogens with zero attached hydrogens (tertiary/aromatic N) is 1. The van der Waals surface area contributed by atoms with Crippen LogP contribution < -0.4 is 10.6 Å². The van der Waals surface area contributed by atoms with Gasteiger partial charge in [-0.05, 0) is 55.3 Å². The number of ketones is 1. The van der Waals surface area contributed by atoms with E-state index in [1.807, 2.05) is 20.8 Å². The second kappa shape index (κ2) is 15.0. The van der Waals surface area contributed by atoms with Gasteiger partial charge in [-0.15, -0.1) is 0 Å². The Labute approximate surface area is 254 Å². The lowest BCUT2D eigenvalue weighted by Gasteiger charge is -2.37. The fraction of sp³-hybridized carbons (Fsp3) is 0.806.